The minimum Gasteiger partial charge on any atom is -0.262 e. The Hall–Kier alpha value is -2.59. The van der Waals surface area contributed by atoms with Crippen LogP contribution >= 0.6 is 0 Å². The lowest BCUT2D eigenvalue weighted by molar-refractivity contribution is 0.590. The summed E-state index contributed by atoms with van der Waals surface area (Å²) in [6, 6.07) is 22.5. The molecule has 134 valence electrons. The van der Waals surface area contributed by atoms with Crippen molar-refractivity contribution in [2.24, 2.45) is 0 Å². The van der Waals surface area contributed by atoms with Gasteiger partial charge in [-0.3, -0.25) is 4.31 Å². The average molecular weight is 365 g/mol. The molecular weight excluding hydrogens is 342 g/mol. The van der Waals surface area contributed by atoms with Crippen molar-refractivity contribution < 1.29 is 8.42 Å². The Kier molecular flexibility index (Phi) is 5.14. The van der Waals surface area contributed by atoms with E-state index in [1.165, 1.54) is 4.31 Å². The third-order valence-electron chi connectivity index (χ3n) is 4.40. The molecule has 0 spiro atoms. The van der Waals surface area contributed by atoms with Gasteiger partial charge in [0, 0.05) is 0 Å². The summed E-state index contributed by atoms with van der Waals surface area (Å²) in [7, 11) is -3.67. The molecule has 0 aliphatic carbocycles. The van der Waals surface area contributed by atoms with Crippen LogP contribution in [0.2, 0.25) is 0 Å². The minimum absolute atomic E-state index is 0.293. The van der Waals surface area contributed by atoms with Crippen LogP contribution in [0.4, 0.5) is 5.69 Å². The number of hydrogen-bond acceptors (Lipinski definition) is 2. The molecule has 0 bridgehead atoms. The van der Waals surface area contributed by atoms with Crippen LogP contribution in [0.3, 0.4) is 0 Å². The van der Waals surface area contributed by atoms with Gasteiger partial charge < -0.3 is 0 Å². The average Bonchev–Trinajstić information content (AvgIpc) is 2.61. The Balaban J connectivity index is 2.12. The third kappa shape index (κ3) is 3.81. The molecular formula is C22H23NO2S. The van der Waals surface area contributed by atoms with Gasteiger partial charge in [-0.05, 0) is 50.1 Å². The highest BCUT2D eigenvalue weighted by molar-refractivity contribution is 7.92. The van der Waals surface area contributed by atoms with Crippen molar-refractivity contribution in [2.75, 3.05) is 4.31 Å². The van der Waals surface area contributed by atoms with E-state index >= 15 is 0 Å². The molecule has 0 radical (unpaired) electrons. The van der Waals surface area contributed by atoms with Gasteiger partial charge in [-0.2, -0.15) is 0 Å². The fourth-order valence-corrected chi connectivity index (χ4v) is 4.49. The number of nitrogens with zero attached hydrogens (tertiary/aromatic N) is 1. The lowest BCUT2D eigenvalue weighted by atomic mass is 10.1. The van der Waals surface area contributed by atoms with E-state index in [2.05, 4.69) is 0 Å². The molecule has 0 atom stereocenters. The molecule has 0 aromatic heterocycles. The highest BCUT2D eigenvalue weighted by atomic mass is 32.2. The summed E-state index contributed by atoms with van der Waals surface area (Å²) in [4.78, 5) is 0.305. The molecule has 4 heteroatoms. The highest BCUT2D eigenvalue weighted by Crippen LogP contribution is 2.29. The second-order valence-corrected chi connectivity index (χ2v) is 8.46. The first-order chi connectivity index (χ1) is 12.4. The summed E-state index contributed by atoms with van der Waals surface area (Å²) < 4.78 is 28.3. The second kappa shape index (κ2) is 7.34. The molecule has 0 heterocycles. The van der Waals surface area contributed by atoms with Crippen molar-refractivity contribution in [3.8, 4) is 0 Å². The fraction of sp³-hybridized carbons (Fsp3) is 0.182. The molecule has 0 unspecified atom stereocenters. The van der Waals surface area contributed by atoms with Gasteiger partial charge in [0.15, 0.2) is 0 Å². The fourth-order valence-electron chi connectivity index (χ4n) is 2.97. The van der Waals surface area contributed by atoms with Crippen LogP contribution in [0.15, 0.2) is 77.7 Å². The van der Waals surface area contributed by atoms with Gasteiger partial charge in [-0.1, -0.05) is 65.7 Å². The summed E-state index contributed by atoms with van der Waals surface area (Å²) in [6.07, 6.45) is 0. The summed E-state index contributed by atoms with van der Waals surface area (Å²) in [6.45, 7) is 6.20. The molecule has 26 heavy (non-hydrogen) atoms. The molecule has 3 rings (SSSR count). The number of anilines is 1. The molecule has 0 saturated carbocycles. The first kappa shape index (κ1) is 18.2. The second-order valence-electron chi connectivity index (χ2n) is 6.60. The zero-order valence-electron chi connectivity index (χ0n) is 15.3. The van der Waals surface area contributed by atoms with E-state index in [-0.39, 0.29) is 0 Å². The minimum atomic E-state index is -3.67. The number of aryl methyl sites for hydroxylation is 3. The van der Waals surface area contributed by atoms with Gasteiger partial charge in [0.1, 0.15) is 0 Å². The molecule has 0 fully saturated rings. The van der Waals surface area contributed by atoms with Crippen molar-refractivity contribution in [1.29, 1.82) is 0 Å². The van der Waals surface area contributed by atoms with Gasteiger partial charge >= 0.3 is 0 Å². The monoisotopic (exact) mass is 365 g/mol. The Morgan fingerprint density at radius 3 is 2.00 bits per heavy atom. The van der Waals surface area contributed by atoms with Crippen molar-refractivity contribution in [3.05, 3.63) is 95.1 Å². The van der Waals surface area contributed by atoms with Gasteiger partial charge in [0.25, 0.3) is 10.0 Å². The topological polar surface area (TPSA) is 37.4 Å². The van der Waals surface area contributed by atoms with Crippen LogP contribution in [0.1, 0.15) is 22.3 Å². The van der Waals surface area contributed by atoms with Gasteiger partial charge in [0.05, 0.1) is 17.1 Å². The van der Waals surface area contributed by atoms with Crippen molar-refractivity contribution in [1.82, 2.24) is 0 Å². The standard InChI is InChI=1S/C22H23NO2S/c1-17-9-12-21(13-10-17)26(24,25)23(16-20-7-5-4-6-8-20)22-14-11-18(2)15-19(22)3/h4-15H,16H2,1-3H3. The van der Waals surface area contributed by atoms with E-state index in [1.807, 2.05) is 81.4 Å². The lowest BCUT2D eigenvalue weighted by Gasteiger charge is -2.26. The van der Waals surface area contributed by atoms with E-state index in [0.29, 0.717) is 17.1 Å². The predicted octanol–water partition coefficient (Wildman–Crippen LogP) is 5.01. The van der Waals surface area contributed by atoms with E-state index in [4.69, 9.17) is 0 Å². The summed E-state index contributed by atoms with van der Waals surface area (Å²) in [5.74, 6) is 0. The van der Waals surface area contributed by atoms with Crippen LogP contribution in [0, 0.1) is 20.8 Å². The van der Waals surface area contributed by atoms with E-state index in [1.54, 1.807) is 12.1 Å². The maximum Gasteiger partial charge on any atom is 0.264 e. The first-order valence-electron chi connectivity index (χ1n) is 8.58. The van der Waals surface area contributed by atoms with Crippen LogP contribution in [0.25, 0.3) is 0 Å². The smallest absolute Gasteiger partial charge is 0.262 e. The Morgan fingerprint density at radius 2 is 1.38 bits per heavy atom. The first-order valence-corrected chi connectivity index (χ1v) is 10.0. The summed E-state index contributed by atoms with van der Waals surface area (Å²) in [5.41, 5.74) is 4.74. The van der Waals surface area contributed by atoms with E-state index in [9.17, 15) is 8.42 Å². The number of benzene rings is 3. The Morgan fingerprint density at radius 1 is 0.769 bits per heavy atom. The quantitative estimate of drug-likeness (QED) is 0.637. The highest BCUT2D eigenvalue weighted by Gasteiger charge is 2.26. The van der Waals surface area contributed by atoms with Crippen LogP contribution < -0.4 is 4.31 Å². The van der Waals surface area contributed by atoms with Crippen LogP contribution in [-0.4, -0.2) is 8.42 Å². The lowest BCUT2D eigenvalue weighted by Crippen LogP contribution is -2.31. The number of sulfonamides is 1. The van der Waals surface area contributed by atoms with Gasteiger partial charge in [0.2, 0.25) is 0 Å². The number of rotatable bonds is 5. The molecule has 0 N–H and O–H groups in total. The maximum absolute atomic E-state index is 13.4. The van der Waals surface area contributed by atoms with Gasteiger partial charge in [-0.25, -0.2) is 8.42 Å². The normalized spacial score (nSPS) is 11.3. The van der Waals surface area contributed by atoms with E-state index < -0.39 is 10.0 Å². The Labute approximate surface area is 156 Å². The molecule has 0 amide bonds. The van der Waals surface area contributed by atoms with Crippen LogP contribution in [0.5, 0.6) is 0 Å². The summed E-state index contributed by atoms with van der Waals surface area (Å²) >= 11 is 0. The zero-order valence-corrected chi connectivity index (χ0v) is 16.1. The molecule has 0 saturated heterocycles. The largest absolute Gasteiger partial charge is 0.264 e. The Bertz CT molecular complexity index is 994. The van der Waals surface area contributed by atoms with Gasteiger partial charge in [-0.15, -0.1) is 0 Å². The molecule has 3 nitrogen and oxygen atoms in total. The molecule has 0 aliphatic rings. The third-order valence-corrected chi connectivity index (χ3v) is 6.17. The van der Waals surface area contributed by atoms with Crippen molar-refractivity contribution in [3.63, 3.8) is 0 Å². The maximum atomic E-state index is 13.4. The van der Waals surface area contributed by atoms with Crippen LogP contribution in [-0.2, 0) is 16.6 Å². The summed E-state index contributed by atoms with van der Waals surface area (Å²) in [5, 5.41) is 0. The SMILES string of the molecule is Cc1ccc(S(=O)(=O)N(Cc2ccccc2)c2ccc(C)cc2C)cc1. The molecule has 3 aromatic rings. The van der Waals surface area contributed by atoms with Crippen molar-refractivity contribution >= 4 is 15.7 Å². The zero-order chi connectivity index (χ0) is 18.7. The molecule has 3 aromatic carbocycles. The predicted molar refractivity (Wildman–Crippen MR) is 107 cm³/mol. The molecule has 0 aliphatic heterocycles. The number of hydrogen-bond donors (Lipinski definition) is 0. The van der Waals surface area contributed by atoms with E-state index in [0.717, 1.165) is 22.3 Å². The van der Waals surface area contributed by atoms with Crippen molar-refractivity contribution in [2.45, 2.75) is 32.2 Å².